The number of aromatic nitrogens is 4. The van der Waals surface area contributed by atoms with Gasteiger partial charge in [-0.25, -0.2) is 4.98 Å². The summed E-state index contributed by atoms with van der Waals surface area (Å²) in [4.78, 5) is 5.28. The van der Waals surface area contributed by atoms with Gasteiger partial charge in [-0.1, -0.05) is 109 Å². The standard InChI is InChI=1S/C45H28N4O/c1-3-11-32(12-4-1)44-47-48-45(50-44)33-25-21-30(22-26-33)29-19-23-31(24-20-29)43-39-28-42-38(27-37(39)35-15-7-9-17-40(35)46-43)36-16-8-10-18-41(36)49(42)34-13-5-2-6-14-34/h1-28H. The van der Waals surface area contributed by atoms with Crippen molar-refractivity contribution < 1.29 is 4.42 Å². The highest BCUT2D eigenvalue weighted by molar-refractivity contribution is 6.20. The second-order valence-corrected chi connectivity index (χ2v) is 12.5. The number of fused-ring (bicyclic) bond motifs is 6. The number of nitrogens with zero attached hydrogens (tertiary/aromatic N) is 4. The molecule has 234 valence electrons. The van der Waals surface area contributed by atoms with Gasteiger partial charge in [-0.15, -0.1) is 10.2 Å². The molecular formula is C45H28N4O. The Balaban J connectivity index is 1.07. The number of benzene rings is 7. The van der Waals surface area contributed by atoms with Gasteiger partial charge in [-0.05, 0) is 77.2 Å². The molecule has 10 rings (SSSR count). The van der Waals surface area contributed by atoms with Crippen LogP contribution in [0.25, 0.3) is 94.5 Å². The molecule has 0 radical (unpaired) electrons. The molecule has 50 heavy (non-hydrogen) atoms. The molecule has 10 aromatic rings. The summed E-state index contributed by atoms with van der Waals surface area (Å²) in [6.07, 6.45) is 0. The predicted molar refractivity (Wildman–Crippen MR) is 203 cm³/mol. The van der Waals surface area contributed by atoms with Gasteiger partial charge in [0, 0.05) is 43.9 Å². The first-order valence-corrected chi connectivity index (χ1v) is 16.7. The number of hydrogen-bond acceptors (Lipinski definition) is 4. The third kappa shape index (κ3) is 4.60. The summed E-state index contributed by atoms with van der Waals surface area (Å²) in [5, 5.41) is 14.5. The van der Waals surface area contributed by atoms with Crippen molar-refractivity contribution in [3.05, 3.63) is 170 Å². The monoisotopic (exact) mass is 640 g/mol. The molecule has 5 heteroatoms. The van der Waals surface area contributed by atoms with Crippen molar-refractivity contribution in [3.8, 4) is 51.0 Å². The molecule has 0 atom stereocenters. The summed E-state index contributed by atoms with van der Waals surface area (Å²) in [6.45, 7) is 0. The van der Waals surface area contributed by atoms with E-state index in [4.69, 9.17) is 9.40 Å². The molecule has 0 aliphatic rings. The lowest BCUT2D eigenvalue weighted by molar-refractivity contribution is 0.584. The summed E-state index contributed by atoms with van der Waals surface area (Å²) in [7, 11) is 0. The van der Waals surface area contributed by atoms with Gasteiger partial charge in [0.15, 0.2) is 0 Å². The lowest BCUT2D eigenvalue weighted by atomic mass is 9.96. The number of hydrogen-bond donors (Lipinski definition) is 0. The number of para-hydroxylation sites is 3. The molecule has 0 spiro atoms. The Labute approximate surface area is 287 Å². The first kappa shape index (κ1) is 28.2. The molecule has 0 aliphatic carbocycles. The van der Waals surface area contributed by atoms with Gasteiger partial charge in [0.2, 0.25) is 11.8 Å². The van der Waals surface area contributed by atoms with E-state index in [1.165, 1.54) is 21.7 Å². The van der Waals surface area contributed by atoms with Crippen molar-refractivity contribution in [2.45, 2.75) is 0 Å². The van der Waals surface area contributed by atoms with Crippen LogP contribution in [0.2, 0.25) is 0 Å². The van der Waals surface area contributed by atoms with E-state index in [9.17, 15) is 0 Å². The topological polar surface area (TPSA) is 56.7 Å². The Bertz CT molecular complexity index is 2840. The van der Waals surface area contributed by atoms with Gasteiger partial charge in [0.25, 0.3) is 0 Å². The maximum atomic E-state index is 5.98. The minimum absolute atomic E-state index is 0.500. The zero-order valence-electron chi connectivity index (χ0n) is 26.9. The molecule has 0 N–H and O–H groups in total. The van der Waals surface area contributed by atoms with Crippen LogP contribution in [0.15, 0.2) is 174 Å². The molecule has 0 fully saturated rings. The molecular weight excluding hydrogens is 613 g/mol. The van der Waals surface area contributed by atoms with Crippen LogP contribution in [-0.4, -0.2) is 19.7 Å². The molecule has 0 unspecified atom stereocenters. The molecule has 0 aliphatic heterocycles. The Hall–Kier alpha value is -6.85. The van der Waals surface area contributed by atoms with Crippen LogP contribution in [0.4, 0.5) is 0 Å². The molecule has 0 bridgehead atoms. The molecule has 3 aromatic heterocycles. The normalized spacial score (nSPS) is 11.6. The molecule has 3 heterocycles. The highest BCUT2D eigenvalue weighted by atomic mass is 16.4. The summed E-state index contributed by atoms with van der Waals surface area (Å²) in [5.74, 6) is 1.01. The smallest absolute Gasteiger partial charge is 0.248 e. The first-order chi connectivity index (χ1) is 24.8. The average Bonchev–Trinajstić information content (AvgIpc) is 3.81. The Morgan fingerprint density at radius 3 is 1.66 bits per heavy atom. The molecule has 0 amide bonds. The third-order valence-electron chi connectivity index (χ3n) is 9.58. The van der Waals surface area contributed by atoms with E-state index in [-0.39, 0.29) is 0 Å². The van der Waals surface area contributed by atoms with E-state index in [0.717, 1.165) is 61.0 Å². The lowest BCUT2D eigenvalue weighted by Crippen LogP contribution is -1.94. The summed E-state index contributed by atoms with van der Waals surface area (Å²) >= 11 is 0. The van der Waals surface area contributed by atoms with Crippen molar-refractivity contribution >= 4 is 43.5 Å². The largest absolute Gasteiger partial charge is 0.416 e. The second kappa shape index (κ2) is 11.4. The van der Waals surface area contributed by atoms with Crippen LogP contribution in [0.5, 0.6) is 0 Å². The van der Waals surface area contributed by atoms with Gasteiger partial charge in [0.1, 0.15) is 0 Å². The van der Waals surface area contributed by atoms with Gasteiger partial charge in [-0.3, -0.25) is 0 Å². The quantitative estimate of drug-likeness (QED) is 0.176. The minimum Gasteiger partial charge on any atom is -0.416 e. The van der Waals surface area contributed by atoms with Crippen LogP contribution < -0.4 is 0 Å². The SMILES string of the molecule is c1ccc(-c2nnc(-c3ccc(-c4ccc(-c5nc6ccccc6c6cc7c8ccccc8n(-c8ccccc8)c7cc56)cc4)cc3)o2)cc1. The van der Waals surface area contributed by atoms with Crippen LogP contribution in [0.3, 0.4) is 0 Å². The van der Waals surface area contributed by atoms with Crippen molar-refractivity contribution in [1.82, 2.24) is 19.7 Å². The van der Waals surface area contributed by atoms with Crippen LogP contribution in [0, 0.1) is 0 Å². The lowest BCUT2D eigenvalue weighted by Gasteiger charge is -2.13. The van der Waals surface area contributed by atoms with Crippen molar-refractivity contribution in [1.29, 1.82) is 0 Å². The van der Waals surface area contributed by atoms with Gasteiger partial charge in [0.05, 0.1) is 22.2 Å². The number of pyridine rings is 1. The van der Waals surface area contributed by atoms with Gasteiger partial charge < -0.3 is 8.98 Å². The second-order valence-electron chi connectivity index (χ2n) is 12.5. The molecule has 0 saturated heterocycles. The predicted octanol–water partition coefficient (Wildman–Crippen LogP) is 11.5. The average molecular weight is 641 g/mol. The zero-order valence-corrected chi connectivity index (χ0v) is 26.9. The van der Waals surface area contributed by atoms with Crippen LogP contribution in [-0.2, 0) is 0 Å². The van der Waals surface area contributed by atoms with Crippen LogP contribution in [0.1, 0.15) is 0 Å². The molecule has 5 nitrogen and oxygen atoms in total. The summed E-state index contributed by atoms with van der Waals surface area (Å²) in [6, 6.07) is 59.2. The summed E-state index contributed by atoms with van der Waals surface area (Å²) < 4.78 is 8.34. The maximum Gasteiger partial charge on any atom is 0.248 e. The van der Waals surface area contributed by atoms with Crippen molar-refractivity contribution in [3.63, 3.8) is 0 Å². The van der Waals surface area contributed by atoms with E-state index in [1.54, 1.807) is 0 Å². The first-order valence-electron chi connectivity index (χ1n) is 16.7. The van der Waals surface area contributed by atoms with Gasteiger partial charge in [-0.2, -0.15) is 0 Å². The number of rotatable bonds is 5. The van der Waals surface area contributed by atoms with E-state index >= 15 is 0 Å². The molecule has 7 aromatic carbocycles. The third-order valence-corrected chi connectivity index (χ3v) is 9.58. The van der Waals surface area contributed by atoms with Crippen LogP contribution >= 0.6 is 0 Å². The van der Waals surface area contributed by atoms with E-state index in [1.807, 2.05) is 42.5 Å². The zero-order chi connectivity index (χ0) is 33.0. The van der Waals surface area contributed by atoms with Crippen molar-refractivity contribution in [2.75, 3.05) is 0 Å². The highest BCUT2D eigenvalue weighted by Crippen LogP contribution is 2.40. The maximum absolute atomic E-state index is 5.98. The Morgan fingerprint density at radius 2 is 0.940 bits per heavy atom. The highest BCUT2D eigenvalue weighted by Gasteiger charge is 2.18. The fourth-order valence-corrected chi connectivity index (χ4v) is 7.15. The Morgan fingerprint density at radius 1 is 0.380 bits per heavy atom. The van der Waals surface area contributed by atoms with Gasteiger partial charge >= 0.3 is 0 Å². The Kier molecular flexibility index (Phi) is 6.42. The van der Waals surface area contributed by atoms with E-state index < -0.39 is 0 Å². The fourth-order valence-electron chi connectivity index (χ4n) is 7.15. The van der Waals surface area contributed by atoms with E-state index in [2.05, 4.69) is 142 Å². The summed E-state index contributed by atoms with van der Waals surface area (Å²) in [5.41, 5.74) is 10.5. The fraction of sp³-hybridized carbons (Fsp3) is 0. The molecule has 0 saturated carbocycles. The van der Waals surface area contributed by atoms with Crippen molar-refractivity contribution in [2.24, 2.45) is 0 Å². The minimum atomic E-state index is 0.500. The van der Waals surface area contributed by atoms with E-state index in [0.29, 0.717) is 11.8 Å².